The number of hydrogen-bond donors (Lipinski definition) is 1. The fourth-order valence-corrected chi connectivity index (χ4v) is 1.89. The highest BCUT2D eigenvalue weighted by molar-refractivity contribution is 6.14. The summed E-state index contributed by atoms with van der Waals surface area (Å²) in [6.07, 6.45) is 0. The summed E-state index contributed by atoms with van der Waals surface area (Å²) < 4.78 is 53.8. The first kappa shape index (κ1) is 15.7. The van der Waals surface area contributed by atoms with Crippen molar-refractivity contribution in [2.24, 2.45) is 0 Å². The molecule has 0 aliphatic rings. The largest absolute Gasteiger partial charge is 0.478 e. The molecule has 22 heavy (non-hydrogen) atoms. The van der Waals surface area contributed by atoms with Gasteiger partial charge >= 0.3 is 5.97 Å². The summed E-state index contributed by atoms with van der Waals surface area (Å²) in [4.78, 5) is 23.2. The van der Waals surface area contributed by atoms with Crippen molar-refractivity contribution in [1.82, 2.24) is 0 Å². The monoisotopic (exact) mass is 312 g/mol. The summed E-state index contributed by atoms with van der Waals surface area (Å²) in [7, 11) is 0. The first-order chi connectivity index (χ1) is 10.3. The number of benzene rings is 2. The number of aryl methyl sites for hydroxylation is 1. The second kappa shape index (κ2) is 5.59. The van der Waals surface area contributed by atoms with E-state index in [4.69, 9.17) is 5.11 Å². The van der Waals surface area contributed by atoms with Crippen LogP contribution in [0, 0.1) is 30.2 Å². The number of rotatable bonds is 3. The van der Waals surface area contributed by atoms with E-state index in [0.29, 0.717) is 0 Å². The molecule has 0 saturated heterocycles. The molecule has 0 aliphatic heterocycles. The number of hydrogen-bond acceptors (Lipinski definition) is 2. The molecule has 0 aliphatic carbocycles. The van der Waals surface area contributed by atoms with Crippen LogP contribution in [-0.4, -0.2) is 16.9 Å². The minimum Gasteiger partial charge on any atom is -0.478 e. The molecule has 114 valence electrons. The van der Waals surface area contributed by atoms with E-state index in [-0.39, 0.29) is 5.56 Å². The Morgan fingerprint density at radius 3 is 1.73 bits per heavy atom. The molecule has 0 radical (unpaired) electrons. The van der Waals surface area contributed by atoms with E-state index in [2.05, 4.69) is 0 Å². The molecule has 0 spiro atoms. The van der Waals surface area contributed by atoms with Gasteiger partial charge in [0.1, 0.15) is 5.56 Å². The van der Waals surface area contributed by atoms with Gasteiger partial charge in [0.05, 0.1) is 5.56 Å². The van der Waals surface area contributed by atoms with E-state index in [9.17, 15) is 27.2 Å². The average Bonchev–Trinajstić information content (AvgIpc) is 2.48. The highest BCUT2D eigenvalue weighted by Gasteiger charge is 2.32. The number of carbonyl (C=O) groups excluding carboxylic acids is 1. The molecule has 0 heterocycles. The lowest BCUT2D eigenvalue weighted by molar-refractivity contribution is 0.0684. The van der Waals surface area contributed by atoms with Gasteiger partial charge in [0.25, 0.3) is 0 Å². The molecule has 3 nitrogen and oxygen atoms in total. The number of aromatic carboxylic acids is 1. The third-order valence-electron chi connectivity index (χ3n) is 3.02. The van der Waals surface area contributed by atoms with Crippen LogP contribution < -0.4 is 0 Å². The SMILES string of the molecule is Cc1ccc(C(=O)c2c(F)c(F)c(F)c(F)c2C(=O)O)cc1. The van der Waals surface area contributed by atoms with Crippen LogP contribution in [0.3, 0.4) is 0 Å². The van der Waals surface area contributed by atoms with Crippen molar-refractivity contribution in [1.29, 1.82) is 0 Å². The van der Waals surface area contributed by atoms with Crippen LogP contribution in [0.1, 0.15) is 31.8 Å². The second-order valence-electron chi connectivity index (χ2n) is 4.51. The maximum absolute atomic E-state index is 13.8. The van der Waals surface area contributed by atoms with Crippen molar-refractivity contribution >= 4 is 11.8 Å². The Kier molecular flexibility index (Phi) is 3.99. The van der Waals surface area contributed by atoms with Crippen LogP contribution in [0.4, 0.5) is 17.6 Å². The van der Waals surface area contributed by atoms with Gasteiger partial charge in [-0.15, -0.1) is 0 Å². The van der Waals surface area contributed by atoms with E-state index in [0.717, 1.165) is 5.56 Å². The zero-order chi connectivity index (χ0) is 16.6. The Morgan fingerprint density at radius 1 is 0.818 bits per heavy atom. The lowest BCUT2D eigenvalue weighted by atomic mass is 9.96. The molecule has 0 amide bonds. The van der Waals surface area contributed by atoms with Crippen molar-refractivity contribution in [2.75, 3.05) is 0 Å². The van der Waals surface area contributed by atoms with Crippen LogP contribution >= 0.6 is 0 Å². The van der Waals surface area contributed by atoms with Gasteiger partial charge in [0, 0.05) is 5.56 Å². The smallest absolute Gasteiger partial charge is 0.339 e. The molecule has 2 aromatic rings. The number of carboxylic acid groups (broad SMARTS) is 1. The average molecular weight is 312 g/mol. The summed E-state index contributed by atoms with van der Waals surface area (Å²) in [6.45, 7) is 1.70. The molecular weight excluding hydrogens is 304 g/mol. The van der Waals surface area contributed by atoms with E-state index in [1.165, 1.54) is 24.3 Å². The Labute approximate surface area is 121 Å². The molecule has 1 N–H and O–H groups in total. The molecular formula is C15H8F4O3. The normalized spacial score (nSPS) is 10.6. The summed E-state index contributed by atoms with van der Waals surface area (Å²) in [5, 5.41) is 8.88. The fourth-order valence-electron chi connectivity index (χ4n) is 1.89. The number of halogens is 4. The molecule has 0 unspecified atom stereocenters. The lowest BCUT2D eigenvalue weighted by Gasteiger charge is -2.10. The third kappa shape index (κ3) is 2.45. The lowest BCUT2D eigenvalue weighted by Crippen LogP contribution is -2.18. The standard InChI is InChI=1S/C15H8F4O3/c1-6-2-4-7(5-3-6)14(20)8-9(15(21)22)11(17)13(19)12(18)10(8)16/h2-5H,1H3,(H,21,22). The van der Waals surface area contributed by atoms with E-state index >= 15 is 0 Å². The zero-order valence-corrected chi connectivity index (χ0v) is 11.1. The van der Waals surface area contributed by atoms with Gasteiger partial charge < -0.3 is 5.11 Å². The van der Waals surface area contributed by atoms with Gasteiger partial charge in [-0.25, -0.2) is 22.4 Å². The molecule has 0 bridgehead atoms. The van der Waals surface area contributed by atoms with E-state index in [1.807, 2.05) is 0 Å². The fraction of sp³-hybridized carbons (Fsp3) is 0.0667. The van der Waals surface area contributed by atoms with Gasteiger partial charge in [-0.05, 0) is 6.92 Å². The van der Waals surface area contributed by atoms with Crippen molar-refractivity contribution in [2.45, 2.75) is 6.92 Å². The van der Waals surface area contributed by atoms with E-state index in [1.54, 1.807) is 6.92 Å². The topological polar surface area (TPSA) is 54.4 Å². The summed E-state index contributed by atoms with van der Waals surface area (Å²) >= 11 is 0. The molecule has 0 saturated carbocycles. The van der Waals surface area contributed by atoms with Crippen LogP contribution in [0.15, 0.2) is 24.3 Å². The molecule has 2 rings (SSSR count). The van der Waals surface area contributed by atoms with Crippen LogP contribution in [0.25, 0.3) is 0 Å². The predicted molar refractivity (Wildman–Crippen MR) is 67.8 cm³/mol. The second-order valence-corrected chi connectivity index (χ2v) is 4.51. The Balaban J connectivity index is 2.76. The van der Waals surface area contributed by atoms with Gasteiger partial charge in [-0.2, -0.15) is 0 Å². The minimum absolute atomic E-state index is 0.183. The van der Waals surface area contributed by atoms with Crippen molar-refractivity contribution in [3.8, 4) is 0 Å². The number of carbonyl (C=O) groups is 2. The molecule has 2 aromatic carbocycles. The van der Waals surface area contributed by atoms with Crippen molar-refractivity contribution in [3.63, 3.8) is 0 Å². The molecule has 0 aromatic heterocycles. The zero-order valence-electron chi connectivity index (χ0n) is 11.1. The van der Waals surface area contributed by atoms with Crippen LogP contribution in [0.2, 0.25) is 0 Å². The summed E-state index contributed by atoms with van der Waals surface area (Å²) in [6, 6.07) is 5.42. The molecule has 0 atom stereocenters. The Bertz CT molecular complexity index is 783. The highest BCUT2D eigenvalue weighted by Crippen LogP contribution is 2.26. The maximum atomic E-state index is 13.8. The highest BCUT2D eigenvalue weighted by atomic mass is 19.2. The maximum Gasteiger partial charge on any atom is 0.339 e. The van der Waals surface area contributed by atoms with E-state index < -0.39 is 46.1 Å². The van der Waals surface area contributed by atoms with Crippen molar-refractivity contribution in [3.05, 3.63) is 69.8 Å². The molecule has 7 heteroatoms. The summed E-state index contributed by atoms with van der Waals surface area (Å²) in [5.74, 6) is -12.0. The molecule has 0 fully saturated rings. The van der Waals surface area contributed by atoms with Gasteiger partial charge in [0.2, 0.25) is 0 Å². The first-order valence-corrected chi connectivity index (χ1v) is 5.96. The summed E-state index contributed by atoms with van der Waals surface area (Å²) in [5.41, 5.74) is -2.32. The van der Waals surface area contributed by atoms with Crippen LogP contribution in [-0.2, 0) is 0 Å². The minimum atomic E-state index is -2.28. The van der Waals surface area contributed by atoms with Gasteiger partial charge in [-0.3, -0.25) is 4.79 Å². The predicted octanol–water partition coefficient (Wildman–Crippen LogP) is 3.48. The quantitative estimate of drug-likeness (QED) is 0.408. The Hall–Kier alpha value is -2.70. The Morgan fingerprint density at radius 2 is 1.27 bits per heavy atom. The third-order valence-corrected chi connectivity index (χ3v) is 3.02. The van der Waals surface area contributed by atoms with Gasteiger partial charge in [-0.1, -0.05) is 29.8 Å². The van der Waals surface area contributed by atoms with Crippen LogP contribution in [0.5, 0.6) is 0 Å². The number of carboxylic acids is 1. The first-order valence-electron chi connectivity index (χ1n) is 5.96. The van der Waals surface area contributed by atoms with Crippen molar-refractivity contribution < 1.29 is 32.3 Å². The number of ketones is 1. The van der Waals surface area contributed by atoms with Gasteiger partial charge in [0.15, 0.2) is 29.1 Å².